The average molecular weight is 337 g/mol. The normalized spacial score (nSPS) is 15.2. The predicted molar refractivity (Wildman–Crippen MR) is 94.1 cm³/mol. The highest BCUT2D eigenvalue weighted by molar-refractivity contribution is 5.55. The number of rotatable bonds is 4. The predicted octanol–water partition coefficient (Wildman–Crippen LogP) is 2.62. The summed E-state index contributed by atoms with van der Waals surface area (Å²) in [6.07, 6.45) is 7.00. The minimum atomic E-state index is -0.115. The Morgan fingerprint density at radius 1 is 1.16 bits per heavy atom. The van der Waals surface area contributed by atoms with Gasteiger partial charge in [-0.15, -0.1) is 0 Å². The van der Waals surface area contributed by atoms with Crippen LogP contribution in [-0.4, -0.2) is 28.7 Å². The van der Waals surface area contributed by atoms with Gasteiger partial charge in [0.05, 0.1) is 6.20 Å². The molecule has 6 heteroatoms. The first kappa shape index (κ1) is 15.7. The number of benzene rings is 1. The number of piperidine rings is 1. The zero-order valence-corrected chi connectivity index (χ0v) is 13.7. The third-order valence-electron chi connectivity index (χ3n) is 4.30. The maximum Gasteiger partial charge on any atom is 0.258 e. The Morgan fingerprint density at radius 3 is 2.64 bits per heavy atom. The van der Waals surface area contributed by atoms with E-state index in [2.05, 4.69) is 10.3 Å². The fourth-order valence-corrected chi connectivity index (χ4v) is 2.98. The van der Waals surface area contributed by atoms with Crippen LogP contribution in [0.5, 0.6) is 5.75 Å². The van der Waals surface area contributed by atoms with Gasteiger partial charge in [0.2, 0.25) is 5.89 Å². The topological polar surface area (TPSA) is 69.3 Å². The minimum absolute atomic E-state index is 0.115. The van der Waals surface area contributed by atoms with Gasteiger partial charge in [-0.3, -0.25) is 9.36 Å². The van der Waals surface area contributed by atoms with Crippen molar-refractivity contribution in [1.29, 1.82) is 0 Å². The molecule has 0 bridgehead atoms. The van der Waals surface area contributed by atoms with Crippen molar-refractivity contribution in [3.63, 3.8) is 0 Å². The van der Waals surface area contributed by atoms with E-state index in [1.165, 1.54) is 6.26 Å². The Balaban J connectivity index is 1.53. The summed E-state index contributed by atoms with van der Waals surface area (Å²) in [7, 11) is 0. The van der Waals surface area contributed by atoms with Crippen LogP contribution in [0.4, 0.5) is 0 Å². The minimum Gasteiger partial charge on any atom is -0.490 e. The van der Waals surface area contributed by atoms with E-state index in [0.717, 1.165) is 37.2 Å². The first-order valence-electron chi connectivity index (χ1n) is 8.40. The van der Waals surface area contributed by atoms with Crippen molar-refractivity contribution in [2.75, 3.05) is 13.1 Å². The molecule has 4 rings (SSSR count). The molecule has 1 fully saturated rings. The molecule has 1 aromatic carbocycles. The number of pyridine rings is 1. The smallest absolute Gasteiger partial charge is 0.258 e. The lowest BCUT2D eigenvalue weighted by Crippen LogP contribution is -2.34. The molecule has 0 radical (unpaired) electrons. The summed E-state index contributed by atoms with van der Waals surface area (Å²) in [5, 5.41) is 3.30. The summed E-state index contributed by atoms with van der Waals surface area (Å²) in [5.41, 5.74) is 1.54. The molecule has 3 heterocycles. The highest BCUT2D eigenvalue weighted by atomic mass is 16.5. The molecule has 0 spiro atoms. The molecule has 1 aliphatic heterocycles. The lowest BCUT2D eigenvalue weighted by atomic mass is 10.1. The number of aromatic nitrogens is 2. The molecule has 0 saturated carbocycles. The van der Waals surface area contributed by atoms with Crippen molar-refractivity contribution in [3.8, 4) is 22.9 Å². The van der Waals surface area contributed by atoms with Gasteiger partial charge in [-0.05, 0) is 56.3 Å². The molecule has 0 aliphatic carbocycles. The number of ether oxygens (including phenoxy) is 1. The summed E-state index contributed by atoms with van der Waals surface area (Å²) >= 11 is 0. The number of hydrogen-bond acceptors (Lipinski definition) is 5. The zero-order chi connectivity index (χ0) is 17.1. The standard InChI is InChI=1S/C19H19N3O3/c23-18-13-17(25-16-5-8-20-9-6-16)7-11-22(18)15-3-1-14(2-4-15)19-21-10-12-24-19/h1-4,7,10-13,16,20H,5-6,8-9H2. The third-order valence-corrected chi connectivity index (χ3v) is 4.30. The maximum absolute atomic E-state index is 12.4. The lowest BCUT2D eigenvalue weighted by Gasteiger charge is -2.23. The molecule has 6 nitrogen and oxygen atoms in total. The van der Waals surface area contributed by atoms with E-state index in [-0.39, 0.29) is 11.7 Å². The molecule has 0 amide bonds. The SMILES string of the molecule is O=c1cc(OC2CCNCC2)ccn1-c1ccc(-c2ncco2)cc1. The molecule has 3 aromatic rings. The molecular formula is C19H19N3O3. The molecule has 0 unspecified atom stereocenters. The number of nitrogens with zero attached hydrogens (tertiary/aromatic N) is 2. The monoisotopic (exact) mass is 337 g/mol. The van der Waals surface area contributed by atoms with Gasteiger partial charge in [0.15, 0.2) is 0 Å². The van der Waals surface area contributed by atoms with Crippen LogP contribution in [-0.2, 0) is 0 Å². The highest BCUT2D eigenvalue weighted by Gasteiger charge is 2.15. The van der Waals surface area contributed by atoms with Gasteiger partial charge in [0, 0.05) is 23.5 Å². The molecule has 25 heavy (non-hydrogen) atoms. The fraction of sp³-hybridized carbons (Fsp3) is 0.263. The molecule has 1 N–H and O–H groups in total. The number of oxazole rings is 1. The summed E-state index contributed by atoms with van der Waals surface area (Å²) in [6.45, 7) is 1.91. The van der Waals surface area contributed by atoms with E-state index < -0.39 is 0 Å². The Bertz CT molecular complexity index is 879. The largest absolute Gasteiger partial charge is 0.490 e. The van der Waals surface area contributed by atoms with E-state index in [0.29, 0.717) is 11.6 Å². The van der Waals surface area contributed by atoms with Crippen LogP contribution in [0.25, 0.3) is 17.1 Å². The summed E-state index contributed by atoms with van der Waals surface area (Å²) in [6, 6.07) is 10.9. The Labute approximate surface area is 145 Å². The quantitative estimate of drug-likeness (QED) is 0.792. The Hall–Kier alpha value is -2.86. The fourth-order valence-electron chi connectivity index (χ4n) is 2.98. The van der Waals surface area contributed by atoms with Crippen molar-refractivity contribution in [2.45, 2.75) is 18.9 Å². The number of hydrogen-bond donors (Lipinski definition) is 1. The van der Waals surface area contributed by atoms with Crippen LogP contribution in [0.1, 0.15) is 12.8 Å². The highest BCUT2D eigenvalue weighted by Crippen LogP contribution is 2.19. The zero-order valence-electron chi connectivity index (χ0n) is 13.7. The van der Waals surface area contributed by atoms with Crippen LogP contribution >= 0.6 is 0 Å². The molecule has 1 saturated heterocycles. The second-order valence-electron chi connectivity index (χ2n) is 6.02. The molecule has 2 aromatic heterocycles. The second kappa shape index (κ2) is 6.94. The van der Waals surface area contributed by atoms with Crippen molar-refractivity contribution in [2.24, 2.45) is 0 Å². The van der Waals surface area contributed by atoms with Crippen LogP contribution in [0.3, 0.4) is 0 Å². The van der Waals surface area contributed by atoms with E-state index in [9.17, 15) is 4.79 Å². The van der Waals surface area contributed by atoms with Crippen LogP contribution in [0, 0.1) is 0 Å². The summed E-state index contributed by atoms with van der Waals surface area (Å²) in [5.74, 6) is 1.19. The van der Waals surface area contributed by atoms with Gasteiger partial charge in [0.1, 0.15) is 18.1 Å². The summed E-state index contributed by atoms with van der Waals surface area (Å²) < 4.78 is 12.8. The molecule has 1 aliphatic rings. The molecule has 128 valence electrons. The van der Waals surface area contributed by atoms with Gasteiger partial charge in [-0.2, -0.15) is 0 Å². The molecule has 0 atom stereocenters. The van der Waals surface area contributed by atoms with Gasteiger partial charge in [-0.1, -0.05) is 0 Å². The van der Waals surface area contributed by atoms with Crippen LogP contribution in [0.15, 0.2) is 64.3 Å². The third kappa shape index (κ3) is 3.49. The van der Waals surface area contributed by atoms with Gasteiger partial charge >= 0.3 is 0 Å². The van der Waals surface area contributed by atoms with E-state index in [4.69, 9.17) is 9.15 Å². The number of nitrogens with one attached hydrogen (secondary N) is 1. The first-order chi connectivity index (χ1) is 12.3. The van der Waals surface area contributed by atoms with Crippen molar-refractivity contribution < 1.29 is 9.15 Å². The van der Waals surface area contributed by atoms with E-state index >= 15 is 0 Å². The molecular weight excluding hydrogens is 318 g/mol. The lowest BCUT2D eigenvalue weighted by molar-refractivity contribution is 0.162. The Morgan fingerprint density at radius 2 is 1.96 bits per heavy atom. The van der Waals surface area contributed by atoms with E-state index in [1.54, 1.807) is 23.0 Å². The second-order valence-corrected chi connectivity index (χ2v) is 6.02. The van der Waals surface area contributed by atoms with Crippen molar-refractivity contribution >= 4 is 0 Å². The van der Waals surface area contributed by atoms with Gasteiger partial charge in [-0.25, -0.2) is 4.98 Å². The first-order valence-corrected chi connectivity index (χ1v) is 8.40. The Kier molecular flexibility index (Phi) is 4.35. The van der Waals surface area contributed by atoms with Crippen molar-refractivity contribution in [1.82, 2.24) is 14.9 Å². The average Bonchev–Trinajstić information content (AvgIpc) is 3.18. The van der Waals surface area contributed by atoms with Gasteiger partial charge < -0.3 is 14.5 Å². The van der Waals surface area contributed by atoms with Crippen LogP contribution in [0.2, 0.25) is 0 Å². The van der Waals surface area contributed by atoms with E-state index in [1.807, 2.05) is 30.3 Å². The summed E-state index contributed by atoms with van der Waals surface area (Å²) in [4.78, 5) is 16.6. The maximum atomic E-state index is 12.4. The van der Waals surface area contributed by atoms with Crippen LogP contribution < -0.4 is 15.6 Å². The van der Waals surface area contributed by atoms with Gasteiger partial charge in [0.25, 0.3) is 5.56 Å². The van der Waals surface area contributed by atoms with Crippen molar-refractivity contribution in [3.05, 3.63) is 65.4 Å².